The molecule has 3 nitrogen and oxygen atoms in total. The standard InChI is InChI=1S/C24H24ClNO2S/c1-16(2)17-4-9-21(10-5-17)26-24(27)18-6-13-23(28-3)19(14-18)15-29-22-11-7-20(25)8-12-22/h4-14,16H,15H2,1-3H3,(H,26,27). The summed E-state index contributed by atoms with van der Waals surface area (Å²) in [5, 5.41) is 3.68. The summed E-state index contributed by atoms with van der Waals surface area (Å²) >= 11 is 7.62. The fourth-order valence-electron chi connectivity index (χ4n) is 2.88. The molecular weight excluding hydrogens is 402 g/mol. The molecule has 0 heterocycles. The quantitative estimate of drug-likeness (QED) is 0.413. The molecule has 0 aliphatic rings. The first-order valence-electron chi connectivity index (χ1n) is 9.43. The molecule has 3 aromatic carbocycles. The van der Waals surface area contributed by atoms with Gasteiger partial charge in [0.2, 0.25) is 0 Å². The topological polar surface area (TPSA) is 38.3 Å². The van der Waals surface area contributed by atoms with Crippen molar-refractivity contribution >= 4 is 35.0 Å². The summed E-state index contributed by atoms with van der Waals surface area (Å²) < 4.78 is 5.48. The Kier molecular flexibility index (Phi) is 7.24. The van der Waals surface area contributed by atoms with E-state index < -0.39 is 0 Å². The minimum absolute atomic E-state index is 0.136. The normalized spacial score (nSPS) is 10.8. The predicted octanol–water partition coefficient (Wildman–Crippen LogP) is 7.02. The van der Waals surface area contributed by atoms with E-state index in [4.69, 9.17) is 16.3 Å². The molecule has 5 heteroatoms. The van der Waals surface area contributed by atoms with E-state index in [0.717, 1.165) is 21.9 Å². The summed E-state index contributed by atoms with van der Waals surface area (Å²) in [6.45, 7) is 4.29. The van der Waals surface area contributed by atoms with Gasteiger partial charge in [-0.15, -0.1) is 11.8 Å². The van der Waals surface area contributed by atoms with Crippen LogP contribution in [0.15, 0.2) is 71.6 Å². The van der Waals surface area contributed by atoms with E-state index in [2.05, 4.69) is 19.2 Å². The zero-order valence-corrected chi connectivity index (χ0v) is 18.3. The summed E-state index contributed by atoms with van der Waals surface area (Å²) in [5.74, 6) is 1.78. The Morgan fingerprint density at radius 1 is 1.03 bits per heavy atom. The monoisotopic (exact) mass is 425 g/mol. The molecule has 0 fully saturated rings. The molecular formula is C24H24ClNO2S. The van der Waals surface area contributed by atoms with Crippen molar-refractivity contribution in [2.75, 3.05) is 12.4 Å². The molecule has 0 unspecified atom stereocenters. The Labute approximate surface area is 181 Å². The number of ether oxygens (including phenoxy) is 1. The highest BCUT2D eigenvalue weighted by Gasteiger charge is 2.12. The number of benzene rings is 3. The van der Waals surface area contributed by atoms with E-state index in [9.17, 15) is 4.79 Å². The number of nitrogens with one attached hydrogen (secondary N) is 1. The third kappa shape index (κ3) is 5.78. The molecule has 29 heavy (non-hydrogen) atoms. The second kappa shape index (κ2) is 9.86. The molecule has 1 N–H and O–H groups in total. The molecule has 3 aromatic rings. The van der Waals surface area contributed by atoms with Gasteiger partial charge in [-0.1, -0.05) is 37.6 Å². The zero-order chi connectivity index (χ0) is 20.8. The fraction of sp³-hybridized carbons (Fsp3) is 0.208. The van der Waals surface area contributed by atoms with Gasteiger partial charge in [0.05, 0.1) is 7.11 Å². The molecule has 0 aliphatic carbocycles. The number of amides is 1. The fourth-order valence-corrected chi connectivity index (χ4v) is 3.88. The van der Waals surface area contributed by atoms with Gasteiger partial charge in [0.15, 0.2) is 0 Å². The SMILES string of the molecule is COc1ccc(C(=O)Nc2ccc(C(C)C)cc2)cc1CSc1ccc(Cl)cc1. The third-order valence-electron chi connectivity index (χ3n) is 4.59. The van der Waals surface area contributed by atoms with E-state index in [0.29, 0.717) is 22.3 Å². The summed E-state index contributed by atoms with van der Waals surface area (Å²) in [5.41, 5.74) is 3.60. The first-order chi connectivity index (χ1) is 14.0. The average molecular weight is 426 g/mol. The van der Waals surface area contributed by atoms with Crippen molar-refractivity contribution in [2.45, 2.75) is 30.4 Å². The first-order valence-corrected chi connectivity index (χ1v) is 10.8. The molecule has 0 atom stereocenters. The molecule has 150 valence electrons. The lowest BCUT2D eigenvalue weighted by Gasteiger charge is -2.12. The molecule has 0 aliphatic heterocycles. The van der Waals surface area contributed by atoms with Gasteiger partial charge in [0.1, 0.15) is 5.75 Å². The van der Waals surface area contributed by atoms with Crippen LogP contribution in [0.5, 0.6) is 5.75 Å². The van der Waals surface area contributed by atoms with Crippen molar-refractivity contribution in [3.63, 3.8) is 0 Å². The lowest BCUT2D eigenvalue weighted by molar-refractivity contribution is 0.102. The molecule has 0 radical (unpaired) electrons. The Balaban J connectivity index is 1.72. The molecule has 0 spiro atoms. The lowest BCUT2D eigenvalue weighted by atomic mass is 10.0. The highest BCUT2D eigenvalue weighted by molar-refractivity contribution is 7.98. The Hall–Kier alpha value is -2.43. The van der Waals surface area contributed by atoms with Crippen molar-refractivity contribution in [2.24, 2.45) is 0 Å². The van der Waals surface area contributed by atoms with Crippen LogP contribution >= 0.6 is 23.4 Å². The summed E-state index contributed by atoms with van der Waals surface area (Å²) in [7, 11) is 1.64. The lowest BCUT2D eigenvalue weighted by Crippen LogP contribution is -2.12. The van der Waals surface area contributed by atoms with E-state index in [1.807, 2.05) is 60.7 Å². The summed E-state index contributed by atoms with van der Waals surface area (Å²) in [6, 6.07) is 21.2. The maximum atomic E-state index is 12.7. The van der Waals surface area contributed by atoms with Crippen molar-refractivity contribution in [3.05, 3.63) is 88.4 Å². The van der Waals surface area contributed by atoms with E-state index in [1.165, 1.54) is 5.56 Å². The highest BCUT2D eigenvalue weighted by atomic mass is 35.5. The van der Waals surface area contributed by atoms with Gasteiger partial charge in [0.25, 0.3) is 5.91 Å². The highest BCUT2D eigenvalue weighted by Crippen LogP contribution is 2.30. The van der Waals surface area contributed by atoms with Crippen molar-refractivity contribution in [3.8, 4) is 5.75 Å². The number of hydrogen-bond donors (Lipinski definition) is 1. The molecule has 3 rings (SSSR count). The van der Waals surface area contributed by atoms with E-state index in [1.54, 1.807) is 24.9 Å². The number of thioether (sulfide) groups is 1. The number of methoxy groups -OCH3 is 1. The molecule has 0 bridgehead atoms. The van der Waals surface area contributed by atoms with Crippen LogP contribution in [0, 0.1) is 0 Å². The number of carbonyl (C=O) groups excluding carboxylic acids is 1. The number of carbonyl (C=O) groups is 1. The maximum Gasteiger partial charge on any atom is 0.255 e. The number of rotatable bonds is 7. The maximum absolute atomic E-state index is 12.7. The second-order valence-corrected chi connectivity index (χ2v) is 8.49. The van der Waals surface area contributed by atoms with Crippen LogP contribution in [-0.4, -0.2) is 13.0 Å². The van der Waals surface area contributed by atoms with Crippen LogP contribution in [0.4, 0.5) is 5.69 Å². The van der Waals surface area contributed by atoms with Gasteiger partial charge >= 0.3 is 0 Å². The molecule has 0 saturated heterocycles. The predicted molar refractivity (Wildman–Crippen MR) is 122 cm³/mol. The van der Waals surface area contributed by atoms with Crippen LogP contribution in [0.25, 0.3) is 0 Å². The van der Waals surface area contributed by atoms with Crippen LogP contribution < -0.4 is 10.1 Å². The minimum atomic E-state index is -0.136. The van der Waals surface area contributed by atoms with E-state index in [-0.39, 0.29) is 5.91 Å². The number of anilines is 1. The van der Waals surface area contributed by atoms with Crippen LogP contribution in [0.3, 0.4) is 0 Å². The summed E-state index contributed by atoms with van der Waals surface area (Å²) in [6.07, 6.45) is 0. The summed E-state index contributed by atoms with van der Waals surface area (Å²) in [4.78, 5) is 13.8. The first kappa shape index (κ1) is 21.3. The Morgan fingerprint density at radius 3 is 2.34 bits per heavy atom. The molecule has 0 aromatic heterocycles. The third-order valence-corrected chi connectivity index (χ3v) is 5.90. The number of halogens is 1. The van der Waals surface area contributed by atoms with Gasteiger partial charge in [0, 0.05) is 32.5 Å². The van der Waals surface area contributed by atoms with Crippen LogP contribution in [-0.2, 0) is 5.75 Å². The molecule has 1 amide bonds. The van der Waals surface area contributed by atoms with Crippen molar-refractivity contribution in [1.29, 1.82) is 0 Å². The van der Waals surface area contributed by atoms with Gasteiger partial charge in [-0.3, -0.25) is 4.79 Å². The van der Waals surface area contributed by atoms with Crippen LogP contribution in [0.2, 0.25) is 5.02 Å². The largest absolute Gasteiger partial charge is 0.496 e. The van der Waals surface area contributed by atoms with Gasteiger partial charge in [-0.25, -0.2) is 0 Å². The minimum Gasteiger partial charge on any atom is -0.496 e. The van der Waals surface area contributed by atoms with Crippen LogP contribution in [0.1, 0.15) is 41.3 Å². The molecule has 0 saturated carbocycles. The van der Waals surface area contributed by atoms with Gasteiger partial charge < -0.3 is 10.1 Å². The van der Waals surface area contributed by atoms with E-state index >= 15 is 0 Å². The smallest absolute Gasteiger partial charge is 0.255 e. The Morgan fingerprint density at radius 2 is 1.72 bits per heavy atom. The number of hydrogen-bond acceptors (Lipinski definition) is 3. The van der Waals surface area contributed by atoms with Gasteiger partial charge in [-0.2, -0.15) is 0 Å². The second-order valence-electron chi connectivity index (χ2n) is 7.00. The zero-order valence-electron chi connectivity index (χ0n) is 16.7. The Bertz CT molecular complexity index is 969. The van der Waals surface area contributed by atoms with Crippen molar-refractivity contribution < 1.29 is 9.53 Å². The van der Waals surface area contributed by atoms with Crippen molar-refractivity contribution in [1.82, 2.24) is 0 Å². The average Bonchev–Trinajstić information content (AvgIpc) is 2.73. The van der Waals surface area contributed by atoms with Gasteiger partial charge in [-0.05, 0) is 66.1 Å².